The van der Waals surface area contributed by atoms with Crippen LogP contribution in [0.4, 0.5) is 4.39 Å². The van der Waals surface area contributed by atoms with E-state index in [1.807, 2.05) is 0 Å². The van der Waals surface area contributed by atoms with Crippen LogP contribution in [0.2, 0.25) is 5.02 Å². The molecule has 0 heterocycles. The number of hydrogen-bond donors (Lipinski definition) is 2. The number of benzene rings is 2. The first-order valence-electron chi connectivity index (χ1n) is 6.07. The Balaban J connectivity index is 2.19. The van der Waals surface area contributed by atoms with Crippen molar-refractivity contribution in [3.63, 3.8) is 0 Å². The molecule has 2 rings (SSSR count). The number of phenols is 1. The highest BCUT2D eigenvalue weighted by Gasteiger charge is 2.11. The number of hydrogen-bond acceptors (Lipinski definition) is 3. The lowest BCUT2D eigenvalue weighted by Gasteiger charge is -2.06. The Morgan fingerprint density at radius 2 is 1.95 bits per heavy atom. The van der Waals surface area contributed by atoms with Crippen LogP contribution in [0.25, 0.3) is 0 Å². The lowest BCUT2D eigenvalue weighted by atomic mass is 10.1. The molecule has 0 aliphatic rings. The van der Waals surface area contributed by atoms with Gasteiger partial charge in [-0.05, 0) is 37.3 Å². The number of hydrazone groups is 1. The average Bonchev–Trinajstić information content (AvgIpc) is 2.47. The Morgan fingerprint density at radius 3 is 2.67 bits per heavy atom. The number of nitrogens with one attached hydrogen (secondary N) is 1. The highest BCUT2D eigenvalue weighted by molar-refractivity contribution is 6.31. The van der Waals surface area contributed by atoms with E-state index in [0.29, 0.717) is 16.3 Å². The molecular weight excluding hydrogens is 295 g/mol. The van der Waals surface area contributed by atoms with Crippen LogP contribution in [-0.4, -0.2) is 16.7 Å². The van der Waals surface area contributed by atoms with Crippen molar-refractivity contribution < 1.29 is 14.3 Å². The van der Waals surface area contributed by atoms with Gasteiger partial charge in [-0.15, -0.1) is 0 Å². The number of phenolic OH excluding ortho intramolecular Hbond substituents is 1. The van der Waals surface area contributed by atoms with E-state index >= 15 is 0 Å². The maximum absolute atomic E-state index is 13.4. The quantitative estimate of drug-likeness (QED) is 0.675. The second kappa shape index (κ2) is 6.37. The van der Waals surface area contributed by atoms with Crippen LogP contribution < -0.4 is 5.43 Å². The van der Waals surface area contributed by atoms with Gasteiger partial charge in [0, 0.05) is 10.6 Å². The number of aromatic hydroxyl groups is 1. The summed E-state index contributed by atoms with van der Waals surface area (Å²) in [7, 11) is 0. The Morgan fingerprint density at radius 1 is 1.24 bits per heavy atom. The van der Waals surface area contributed by atoms with Gasteiger partial charge >= 0.3 is 0 Å². The van der Waals surface area contributed by atoms with Crippen LogP contribution in [0.1, 0.15) is 22.8 Å². The van der Waals surface area contributed by atoms with Crippen LogP contribution >= 0.6 is 11.6 Å². The van der Waals surface area contributed by atoms with E-state index in [2.05, 4.69) is 10.5 Å². The molecule has 2 N–H and O–H groups in total. The van der Waals surface area contributed by atoms with Crippen molar-refractivity contribution in [3.8, 4) is 5.75 Å². The highest BCUT2D eigenvalue weighted by Crippen LogP contribution is 2.22. The summed E-state index contributed by atoms with van der Waals surface area (Å²) in [5.74, 6) is -1.32. The van der Waals surface area contributed by atoms with E-state index in [1.54, 1.807) is 13.0 Å². The highest BCUT2D eigenvalue weighted by atomic mass is 35.5. The third-order valence-corrected chi connectivity index (χ3v) is 3.03. The molecule has 6 heteroatoms. The fourth-order valence-electron chi connectivity index (χ4n) is 1.70. The summed E-state index contributed by atoms with van der Waals surface area (Å²) in [6.07, 6.45) is 0. The zero-order chi connectivity index (χ0) is 15.4. The van der Waals surface area contributed by atoms with Gasteiger partial charge in [-0.2, -0.15) is 5.10 Å². The molecule has 0 aliphatic carbocycles. The predicted molar refractivity (Wildman–Crippen MR) is 79.2 cm³/mol. The summed E-state index contributed by atoms with van der Waals surface area (Å²) in [6.45, 7) is 1.59. The van der Waals surface area contributed by atoms with Crippen molar-refractivity contribution in [2.75, 3.05) is 0 Å². The Bertz CT molecular complexity index is 717. The number of halogens is 2. The molecule has 0 aliphatic heterocycles. The van der Waals surface area contributed by atoms with Crippen molar-refractivity contribution in [1.82, 2.24) is 5.43 Å². The third kappa shape index (κ3) is 3.58. The van der Waals surface area contributed by atoms with Crippen molar-refractivity contribution >= 4 is 23.2 Å². The summed E-state index contributed by atoms with van der Waals surface area (Å²) in [4.78, 5) is 11.8. The summed E-state index contributed by atoms with van der Waals surface area (Å²) in [6, 6.07) is 10.1. The van der Waals surface area contributed by atoms with Crippen molar-refractivity contribution in [2.24, 2.45) is 5.10 Å². The smallest absolute Gasteiger partial charge is 0.274 e. The minimum Gasteiger partial charge on any atom is -0.507 e. The fourth-order valence-corrected chi connectivity index (χ4v) is 1.87. The molecule has 0 unspecified atom stereocenters. The topological polar surface area (TPSA) is 61.7 Å². The van der Waals surface area contributed by atoms with Gasteiger partial charge in [0.05, 0.1) is 11.3 Å². The second-order valence-electron chi connectivity index (χ2n) is 4.28. The molecule has 0 fully saturated rings. The number of carbonyl (C=O) groups excluding carboxylic acids is 1. The SMILES string of the molecule is C/C(=N\NC(=O)c1ccccc1F)c1cc(Cl)ccc1O. The summed E-state index contributed by atoms with van der Waals surface area (Å²) in [5, 5.41) is 14.0. The maximum atomic E-state index is 13.4. The zero-order valence-corrected chi connectivity index (χ0v) is 11.9. The molecule has 2 aromatic rings. The molecule has 0 bridgehead atoms. The van der Waals surface area contributed by atoms with E-state index in [1.165, 1.54) is 36.4 Å². The minimum atomic E-state index is -0.672. The molecule has 4 nitrogen and oxygen atoms in total. The Labute approximate surface area is 125 Å². The number of carbonyl (C=O) groups is 1. The van der Waals surface area contributed by atoms with Gasteiger partial charge in [0.2, 0.25) is 0 Å². The van der Waals surface area contributed by atoms with Crippen LogP contribution in [0.15, 0.2) is 47.6 Å². The standard InChI is InChI=1S/C15H12ClFN2O2/c1-9(12-8-10(16)6-7-14(12)20)18-19-15(21)11-4-2-3-5-13(11)17/h2-8,20H,1H3,(H,19,21)/b18-9+. The van der Waals surface area contributed by atoms with Crippen LogP contribution in [0.3, 0.4) is 0 Å². The molecule has 0 saturated heterocycles. The van der Waals surface area contributed by atoms with E-state index in [9.17, 15) is 14.3 Å². The molecule has 0 spiro atoms. The fraction of sp³-hybridized carbons (Fsp3) is 0.0667. The molecule has 0 radical (unpaired) electrons. The van der Waals surface area contributed by atoms with E-state index in [-0.39, 0.29) is 11.3 Å². The van der Waals surface area contributed by atoms with E-state index in [4.69, 9.17) is 11.6 Å². The molecule has 0 saturated carbocycles. The van der Waals surface area contributed by atoms with Crippen LogP contribution in [0, 0.1) is 5.82 Å². The predicted octanol–water partition coefficient (Wildman–Crippen LogP) is 3.34. The van der Waals surface area contributed by atoms with Crippen molar-refractivity contribution in [2.45, 2.75) is 6.92 Å². The van der Waals surface area contributed by atoms with Gasteiger partial charge in [-0.1, -0.05) is 23.7 Å². The van der Waals surface area contributed by atoms with Gasteiger partial charge in [-0.25, -0.2) is 9.82 Å². The molecule has 0 atom stereocenters. The van der Waals surface area contributed by atoms with Gasteiger partial charge < -0.3 is 5.11 Å². The van der Waals surface area contributed by atoms with Crippen molar-refractivity contribution in [1.29, 1.82) is 0 Å². The normalized spacial score (nSPS) is 11.3. The maximum Gasteiger partial charge on any atom is 0.274 e. The number of nitrogens with zero attached hydrogens (tertiary/aromatic N) is 1. The lowest BCUT2D eigenvalue weighted by molar-refractivity contribution is 0.0951. The third-order valence-electron chi connectivity index (χ3n) is 2.79. The van der Waals surface area contributed by atoms with Gasteiger partial charge in [0.1, 0.15) is 11.6 Å². The Kier molecular flexibility index (Phi) is 4.55. The van der Waals surface area contributed by atoms with E-state index in [0.717, 1.165) is 0 Å². The number of rotatable bonds is 3. The molecule has 21 heavy (non-hydrogen) atoms. The largest absolute Gasteiger partial charge is 0.507 e. The molecule has 2 aromatic carbocycles. The summed E-state index contributed by atoms with van der Waals surface area (Å²) in [5.41, 5.74) is 2.86. The zero-order valence-electron chi connectivity index (χ0n) is 11.1. The first kappa shape index (κ1) is 15.0. The van der Waals surface area contributed by atoms with Gasteiger partial charge in [-0.3, -0.25) is 4.79 Å². The molecular formula is C15H12ClFN2O2. The minimum absolute atomic E-state index is 0.0132. The summed E-state index contributed by atoms with van der Waals surface area (Å²) >= 11 is 5.84. The van der Waals surface area contributed by atoms with E-state index < -0.39 is 11.7 Å². The van der Waals surface area contributed by atoms with Gasteiger partial charge in [0.15, 0.2) is 0 Å². The van der Waals surface area contributed by atoms with Gasteiger partial charge in [0.25, 0.3) is 5.91 Å². The number of amides is 1. The molecule has 108 valence electrons. The average molecular weight is 307 g/mol. The molecule has 0 aromatic heterocycles. The van der Waals surface area contributed by atoms with Crippen LogP contribution in [0.5, 0.6) is 5.75 Å². The second-order valence-corrected chi connectivity index (χ2v) is 4.72. The molecule has 1 amide bonds. The Hall–Kier alpha value is -2.40. The first-order chi connectivity index (χ1) is 9.99. The van der Waals surface area contributed by atoms with Crippen molar-refractivity contribution in [3.05, 3.63) is 64.4 Å². The van der Waals surface area contributed by atoms with Crippen LogP contribution in [-0.2, 0) is 0 Å². The first-order valence-corrected chi connectivity index (χ1v) is 6.45. The monoisotopic (exact) mass is 306 g/mol. The lowest BCUT2D eigenvalue weighted by Crippen LogP contribution is -2.20. The summed E-state index contributed by atoms with van der Waals surface area (Å²) < 4.78 is 13.4.